The summed E-state index contributed by atoms with van der Waals surface area (Å²) in [6.07, 6.45) is 0.267. The third-order valence-corrected chi connectivity index (χ3v) is 3.95. The Kier molecular flexibility index (Phi) is 4.10. The Morgan fingerprint density at radius 3 is 2.22 bits per heavy atom. The summed E-state index contributed by atoms with van der Waals surface area (Å²) in [6.45, 7) is 0. The van der Waals surface area contributed by atoms with Gasteiger partial charge in [0.15, 0.2) is 11.5 Å². The Morgan fingerprint density at radius 2 is 1.61 bits per heavy atom. The molecule has 0 amide bonds. The highest BCUT2D eigenvalue weighted by Gasteiger charge is 2.33. The maximum Gasteiger partial charge on any atom is 0.339 e. The Balaban J connectivity index is 1.90. The van der Waals surface area contributed by atoms with E-state index in [1.54, 1.807) is 27.4 Å². The number of carbonyl (C=O) groups excluding carboxylic acids is 1. The minimum atomic E-state index is -0.334. The van der Waals surface area contributed by atoms with Gasteiger partial charge in [-0.15, -0.1) is 0 Å². The second-order valence-corrected chi connectivity index (χ2v) is 5.24. The van der Waals surface area contributed by atoms with Gasteiger partial charge in [-0.25, -0.2) is 4.79 Å². The summed E-state index contributed by atoms with van der Waals surface area (Å²) in [7, 11) is 4.74. The molecular formula is C18H18O5. The van der Waals surface area contributed by atoms with Gasteiger partial charge in [-0.05, 0) is 29.8 Å². The summed E-state index contributed by atoms with van der Waals surface area (Å²) in [5.41, 5.74) is 2.41. The highest BCUT2D eigenvalue weighted by molar-refractivity contribution is 5.95. The maximum atomic E-state index is 12.1. The summed E-state index contributed by atoms with van der Waals surface area (Å²) in [5, 5.41) is 0. The minimum absolute atomic E-state index is 0.328. The Bertz CT molecular complexity index is 721. The molecule has 1 heterocycles. The zero-order valence-corrected chi connectivity index (χ0v) is 13.3. The molecule has 23 heavy (non-hydrogen) atoms. The van der Waals surface area contributed by atoms with Gasteiger partial charge in [0, 0.05) is 12.0 Å². The molecule has 0 saturated carbocycles. The van der Waals surface area contributed by atoms with Crippen molar-refractivity contribution in [1.82, 2.24) is 0 Å². The molecule has 2 aromatic carbocycles. The van der Waals surface area contributed by atoms with Crippen molar-refractivity contribution in [1.29, 1.82) is 0 Å². The quantitative estimate of drug-likeness (QED) is 0.794. The summed E-state index contributed by atoms with van der Waals surface area (Å²) < 4.78 is 21.2. The van der Waals surface area contributed by atoms with Gasteiger partial charge in [0.2, 0.25) is 0 Å². The van der Waals surface area contributed by atoms with Crippen LogP contribution in [0.5, 0.6) is 17.2 Å². The lowest BCUT2D eigenvalue weighted by molar-refractivity contribution is 0.0387. The first kappa shape index (κ1) is 15.2. The highest BCUT2D eigenvalue weighted by Crippen LogP contribution is 2.40. The van der Waals surface area contributed by atoms with Crippen LogP contribution in [0.25, 0.3) is 0 Å². The fourth-order valence-corrected chi connectivity index (χ4v) is 2.72. The smallest absolute Gasteiger partial charge is 0.339 e. The van der Waals surface area contributed by atoms with Crippen LogP contribution in [0.2, 0.25) is 0 Å². The largest absolute Gasteiger partial charge is 0.497 e. The van der Waals surface area contributed by atoms with Gasteiger partial charge in [-0.3, -0.25) is 0 Å². The number of esters is 1. The van der Waals surface area contributed by atoms with Crippen molar-refractivity contribution >= 4 is 5.97 Å². The summed E-state index contributed by atoms with van der Waals surface area (Å²) in [6, 6.07) is 11.2. The fraction of sp³-hybridized carbons (Fsp3) is 0.278. The van der Waals surface area contributed by atoms with Gasteiger partial charge in [0.1, 0.15) is 11.9 Å². The van der Waals surface area contributed by atoms with Crippen LogP contribution in [0.4, 0.5) is 0 Å². The number of fused-ring (bicyclic) bond motifs is 1. The van der Waals surface area contributed by atoms with Crippen LogP contribution in [-0.4, -0.2) is 27.3 Å². The number of methoxy groups -OCH3 is 3. The second-order valence-electron chi connectivity index (χ2n) is 5.24. The molecule has 0 radical (unpaired) electrons. The predicted octanol–water partition coefficient (Wildman–Crippen LogP) is 3.17. The number of carbonyl (C=O) groups is 1. The van der Waals surface area contributed by atoms with Crippen molar-refractivity contribution < 1.29 is 23.7 Å². The SMILES string of the molecule is COc1ccc(C[C@H]2OC(=O)c3cc(OC)c(OC)cc32)cc1. The molecule has 0 saturated heterocycles. The lowest BCUT2D eigenvalue weighted by Gasteiger charge is -2.13. The predicted molar refractivity (Wildman–Crippen MR) is 84.4 cm³/mol. The van der Waals surface area contributed by atoms with Crippen LogP contribution >= 0.6 is 0 Å². The monoisotopic (exact) mass is 314 g/mol. The first-order valence-corrected chi connectivity index (χ1v) is 7.26. The Hall–Kier alpha value is -2.69. The van der Waals surface area contributed by atoms with E-state index in [0.29, 0.717) is 23.5 Å². The van der Waals surface area contributed by atoms with Gasteiger partial charge in [-0.1, -0.05) is 12.1 Å². The molecular weight excluding hydrogens is 296 g/mol. The van der Waals surface area contributed by atoms with Crippen LogP contribution in [0.1, 0.15) is 27.6 Å². The van der Waals surface area contributed by atoms with E-state index in [1.807, 2.05) is 30.3 Å². The standard InChI is InChI=1S/C18H18O5/c1-20-12-6-4-11(5-7-12)8-15-13-9-16(21-2)17(22-3)10-14(13)18(19)23-15/h4-7,9-10,15H,8H2,1-3H3/t15-/m1/s1. The lowest BCUT2D eigenvalue weighted by atomic mass is 9.98. The van der Waals surface area contributed by atoms with E-state index in [9.17, 15) is 4.79 Å². The Labute approximate surface area is 134 Å². The van der Waals surface area contributed by atoms with Crippen molar-refractivity contribution in [3.63, 3.8) is 0 Å². The molecule has 1 atom stereocenters. The molecule has 0 unspecified atom stereocenters. The average molecular weight is 314 g/mol. The molecule has 1 aliphatic heterocycles. The van der Waals surface area contributed by atoms with Crippen molar-refractivity contribution in [3.8, 4) is 17.2 Å². The molecule has 0 spiro atoms. The molecule has 0 bridgehead atoms. The van der Waals surface area contributed by atoms with Crippen molar-refractivity contribution in [2.75, 3.05) is 21.3 Å². The molecule has 0 aliphatic carbocycles. The first-order valence-electron chi connectivity index (χ1n) is 7.26. The van der Waals surface area contributed by atoms with Gasteiger partial charge >= 0.3 is 5.97 Å². The number of hydrogen-bond acceptors (Lipinski definition) is 5. The van der Waals surface area contributed by atoms with E-state index < -0.39 is 0 Å². The molecule has 2 aromatic rings. The van der Waals surface area contributed by atoms with Crippen molar-refractivity contribution in [2.45, 2.75) is 12.5 Å². The maximum absolute atomic E-state index is 12.1. The molecule has 5 heteroatoms. The normalized spacial score (nSPS) is 15.8. The number of ether oxygens (including phenoxy) is 4. The topological polar surface area (TPSA) is 54.0 Å². The van der Waals surface area contributed by atoms with E-state index in [1.165, 1.54) is 0 Å². The zero-order chi connectivity index (χ0) is 16.4. The van der Waals surface area contributed by atoms with Gasteiger partial charge < -0.3 is 18.9 Å². The van der Waals surface area contributed by atoms with Crippen molar-refractivity contribution in [3.05, 3.63) is 53.1 Å². The van der Waals surface area contributed by atoms with E-state index in [-0.39, 0.29) is 12.1 Å². The third kappa shape index (κ3) is 2.82. The van der Waals surface area contributed by atoms with E-state index in [4.69, 9.17) is 18.9 Å². The summed E-state index contributed by atoms with van der Waals surface area (Å²) in [5.74, 6) is 1.57. The fourth-order valence-electron chi connectivity index (χ4n) is 2.72. The molecule has 1 aliphatic rings. The Morgan fingerprint density at radius 1 is 0.957 bits per heavy atom. The van der Waals surface area contributed by atoms with Gasteiger partial charge in [0.25, 0.3) is 0 Å². The van der Waals surface area contributed by atoms with Crippen LogP contribution < -0.4 is 14.2 Å². The third-order valence-electron chi connectivity index (χ3n) is 3.95. The second kappa shape index (κ2) is 6.20. The van der Waals surface area contributed by atoms with Crippen LogP contribution in [-0.2, 0) is 11.2 Å². The van der Waals surface area contributed by atoms with Gasteiger partial charge in [0.05, 0.1) is 26.9 Å². The van der Waals surface area contributed by atoms with Crippen LogP contribution in [0, 0.1) is 0 Å². The van der Waals surface area contributed by atoms with E-state index >= 15 is 0 Å². The summed E-state index contributed by atoms with van der Waals surface area (Å²) in [4.78, 5) is 12.1. The van der Waals surface area contributed by atoms with E-state index in [0.717, 1.165) is 16.9 Å². The van der Waals surface area contributed by atoms with Crippen LogP contribution in [0.3, 0.4) is 0 Å². The number of cyclic esters (lactones) is 1. The number of hydrogen-bond donors (Lipinski definition) is 0. The average Bonchev–Trinajstić information content (AvgIpc) is 2.89. The molecule has 5 nitrogen and oxygen atoms in total. The molecule has 0 fully saturated rings. The minimum Gasteiger partial charge on any atom is -0.497 e. The first-order chi connectivity index (χ1) is 11.2. The number of benzene rings is 2. The lowest BCUT2D eigenvalue weighted by Crippen LogP contribution is -2.03. The zero-order valence-electron chi connectivity index (χ0n) is 13.3. The summed E-state index contributed by atoms with van der Waals surface area (Å²) >= 11 is 0. The van der Waals surface area contributed by atoms with E-state index in [2.05, 4.69) is 0 Å². The molecule has 3 rings (SSSR count). The molecule has 0 aromatic heterocycles. The number of rotatable bonds is 5. The molecule has 0 N–H and O–H groups in total. The van der Waals surface area contributed by atoms with Gasteiger partial charge in [-0.2, -0.15) is 0 Å². The van der Waals surface area contributed by atoms with Crippen LogP contribution in [0.15, 0.2) is 36.4 Å². The van der Waals surface area contributed by atoms with Crippen molar-refractivity contribution in [2.24, 2.45) is 0 Å². The molecule has 120 valence electrons. The highest BCUT2D eigenvalue weighted by atomic mass is 16.5.